The van der Waals surface area contributed by atoms with Crippen LogP contribution in [0, 0.1) is 0 Å². The molecule has 0 unspecified atom stereocenters. The van der Waals surface area contributed by atoms with E-state index in [9.17, 15) is 0 Å². The molecule has 0 aliphatic carbocycles. The van der Waals surface area contributed by atoms with E-state index in [1.165, 1.54) is 0 Å². The average molecular weight is 74.9 g/mol. The van der Waals surface area contributed by atoms with Crippen molar-refractivity contribution in [1.29, 1.82) is 0 Å². The highest BCUT2D eigenvalue weighted by Crippen LogP contribution is 1.44. The zero-order valence-electron chi connectivity index (χ0n) is 2.55. The largest absolute Gasteiger partial charge is 0.524 e. The number of hydrogen-bond donors (Lipinski definition) is 2. The summed E-state index contributed by atoms with van der Waals surface area (Å²) in [6.07, 6.45) is 0. The molecular formula is H4BN2O2. The second-order valence-electron chi connectivity index (χ2n) is 0.368. The molecular weight excluding hydrogens is 70.8 g/mol. The molecule has 4 N–H and O–H groups in total. The van der Waals surface area contributed by atoms with Crippen LogP contribution in [0.5, 0.6) is 0 Å². The molecule has 0 bridgehead atoms. The van der Waals surface area contributed by atoms with E-state index in [0.717, 1.165) is 7.69 Å². The van der Waals surface area contributed by atoms with E-state index in [0.29, 0.717) is 0 Å². The summed E-state index contributed by atoms with van der Waals surface area (Å²) in [7, 11) is 0.806. The topological polar surface area (TPSA) is 70.5 Å². The van der Waals surface area contributed by atoms with Crippen molar-refractivity contribution in [3.63, 3.8) is 0 Å². The van der Waals surface area contributed by atoms with Gasteiger partial charge in [-0.05, 0) is 0 Å². The minimum absolute atomic E-state index is 0.806. The Morgan fingerprint density at radius 2 is 1.60 bits per heavy atom. The van der Waals surface area contributed by atoms with Gasteiger partial charge in [0.15, 0.2) is 0 Å². The van der Waals surface area contributed by atoms with Gasteiger partial charge in [0.25, 0.3) is 0 Å². The highest BCUT2D eigenvalue weighted by atomic mass is 16.7. The summed E-state index contributed by atoms with van der Waals surface area (Å²) >= 11 is 0. The fourth-order valence-corrected chi connectivity index (χ4v) is 0.0321. The molecule has 0 spiro atoms. The molecule has 0 saturated heterocycles. The minimum Gasteiger partial charge on any atom is -0.330 e. The molecule has 5 heavy (non-hydrogen) atoms. The number of nitrogens with two attached hydrogens (primary N) is 2. The Morgan fingerprint density at radius 3 is 1.60 bits per heavy atom. The van der Waals surface area contributed by atoms with Crippen LogP contribution in [0.15, 0.2) is 0 Å². The fourth-order valence-electron chi connectivity index (χ4n) is 0.0321. The van der Waals surface area contributed by atoms with Crippen LogP contribution in [-0.2, 0) is 9.51 Å². The fraction of sp³-hybridized carbons (Fsp3) is 0. The lowest BCUT2D eigenvalue weighted by atomic mass is 10.4. The zero-order chi connectivity index (χ0) is 4.12. The third-order valence-corrected chi connectivity index (χ3v) is 0.111. The van der Waals surface area contributed by atoms with Crippen LogP contribution in [0.1, 0.15) is 0 Å². The van der Waals surface area contributed by atoms with Crippen LogP contribution in [0.25, 0.3) is 0 Å². The lowest BCUT2D eigenvalue weighted by Gasteiger charge is -1.82. The Kier molecular flexibility index (Phi) is 3.83. The van der Waals surface area contributed by atoms with Crippen LogP contribution >= 0.6 is 0 Å². The van der Waals surface area contributed by atoms with Gasteiger partial charge in [-0.2, -0.15) is 0 Å². The highest BCUT2D eigenvalue weighted by molar-refractivity contribution is 6.17. The molecule has 0 fully saturated rings. The van der Waals surface area contributed by atoms with Gasteiger partial charge in [-0.1, -0.05) is 0 Å². The van der Waals surface area contributed by atoms with Gasteiger partial charge in [0.05, 0.1) is 0 Å². The summed E-state index contributed by atoms with van der Waals surface area (Å²) in [5.74, 6) is 8.76. The Morgan fingerprint density at radius 1 is 1.20 bits per heavy atom. The van der Waals surface area contributed by atoms with E-state index in [1.54, 1.807) is 0 Å². The van der Waals surface area contributed by atoms with E-state index < -0.39 is 0 Å². The van der Waals surface area contributed by atoms with Gasteiger partial charge in [0.1, 0.15) is 0 Å². The van der Waals surface area contributed by atoms with Gasteiger partial charge in [-0.15, -0.1) is 0 Å². The van der Waals surface area contributed by atoms with Crippen molar-refractivity contribution < 1.29 is 9.51 Å². The Hall–Kier alpha value is -0.0951. The standard InChI is InChI=1S/BH4N2O2/c2-4-1-5-3/h2-3H2. The van der Waals surface area contributed by atoms with Gasteiger partial charge < -0.3 is 9.51 Å². The van der Waals surface area contributed by atoms with Gasteiger partial charge >= 0.3 is 7.69 Å². The van der Waals surface area contributed by atoms with Gasteiger partial charge in [0.2, 0.25) is 0 Å². The van der Waals surface area contributed by atoms with Crippen molar-refractivity contribution in [3.05, 3.63) is 0 Å². The molecule has 0 aliphatic rings. The summed E-state index contributed by atoms with van der Waals surface area (Å²) in [5.41, 5.74) is 0. The first-order valence-corrected chi connectivity index (χ1v) is 0.943. The lowest BCUT2D eigenvalue weighted by Crippen LogP contribution is -2.12. The quantitative estimate of drug-likeness (QED) is 0.303. The van der Waals surface area contributed by atoms with Crippen molar-refractivity contribution in [2.45, 2.75) is 0 Å². The minimum atomic E-state index is 0.806. The third-order valence-electron chi connectivity index (χ3n) is 0.111. The van der Waals surface area contributed by atoms with E-state index in [2.05, 4.69) is 21.3 Å². The lowest BCUT2D eigenvalue weighted by molar-refractivity contribution is 0.231. The molecule has 0 saturated carbocycles. The normalized spacial score (nSPS) is 7.60. The zero-order valence-corrected chi connectivity index (χ0v) is 2.55. The summed E-state index contributed by atoms with van der Waals surface area (Å²) in [6.45, 7) is 0. The maximum atomic E-state index is 4.38. The monoisotopic (exact) mass is 75.0 g/mol. The molecule has 0 aromatic heterocycles. The van der Waals surface area contributed by atoms with Crippen LogP contribution < -0.4 is 11.8 Å². The van der Waals surface area contributed by atoms with Crippen LogP contribution in [-0.4, -0.2) is 7.69 Å². The van der Waals surface area contributed by atoms with Crippen LogP contribution in [0.3, 0.4) is 0 Å². The Labute approximate surface area is 30.2 Å². The maximum absolute atomic E-state index is 4.38. The summed E-state index contributed by atoms with van der Waals surface area (Å²) in [4.78, 5) is 0. The number of rotatable bonds is 2. The molecule has 5 heteroatoms. The molecule has 0 atom stereocenters. The summed E-state index contributed by atoms with van der Waals surface area (Å²) in [6, 6.07) is 0. The molecule has 1 radical (unpaired) electrons. The highest BCUT2D eigenvalue weighted by Gasteiger charge is 1.77. The Balaban J connectivity index is 2.19. The molecule has 0 aromatic carbocycles. The molecule has 0 heterocycles. The molecule has 0 amide bonds. The van der Waals surface area contributed by atoms with E-state index in [-0.39, 0.29) is 0 Å². The van der Waals surface area contributed by atoms with Crippen molar-refractivity contribution >= 4 is 7.69 Å². The number of hydrogen-bond acceptors (Lipinski definition) is 4. The predicted molar refractivity (Wildman–Crippen MR) is 16.3 cm³/mol. The van der Waals surface area contributed by atoms with Crippen molar-refractivity contribution in [2.75, 3.05) is 0 Å². The van der Waals surface area contributed by atoms with Crippen LogP contribution in [0.4, 0.5) is 0 Å². The second kappa shape index (κ2) is 3.90. The molecule has 0 rings (SSSR count). The van der Waals surface area contributed by atoms with Crippen molar-refractivity contribution in [3.8, 4) is 0 Å². The molecule has 0 aliphatic heterocycles. The maximum Gasteiger partial charge on any atom is 0.524 e. The van der Waals surface area contributed by atoms with Gasteiger partial charge in [-0.3, -0.25) is 0 Å². The van der Waals surface area contributed by atoms with E-state index in [1.807, 2.05) is 0 Å². The van der Waals surface area contributed by atoms with Gasteiger partial charge in [-0.25, -0.2) is 11.8 Å². The van der Waals surface area contributed by atoms with Gasteiger partial charge in [0, 0.05) is 0 Å². The smallest absolute Gasteiger partial charge is 0.330 e. The first-order chi connectivity index (χ1) is 2.41. The summed E-state index contributed by atoms with van der Waals surface area (Å²) < 4.78 is 7.44. The molecule has 29 valence electrons. The Bertz CT molecular complexity index is 15.1. The first kappa shape index (κ1) is 4.90. The molecule has 4 nitrogen and oxygen atoms in total. The molecule has 0 aromatic rings. The van der Waals surface area contributed by atoms with Crippen LogP contribution in [0.2, 0.25) is 0 Å². The van der Waals surface area contributed by atoms with Crippen molar-refractivity contribution in [2.24, 2.45) is 11.8 Å². The second-order valence-corrected chi connectivity index (χ2v) is 0.368. The predicted octanol–water partition coefficient (Wildman–Crippen LogP) is -1.70. The van der Waals surface area contributed by atoms with Crippen molar-refractivity contribution in [1.82, 2.24) is 0 Å². The average Bonchev–Trinajstić information content (AvgIpc) is 1.41. The third kappa shape index (κ3) is 3.90. The first-order valence-electron chi connectivity index (χ1n) is 0.943. The summed E-state index contributed by atoms with van der Waals surface area (Å²) in [5, 5.41) is 0. The SMILES string of the molecule is NO[B]ON. The van der Waals surface area contributed by atoms with E-state index in [4.69, 9.17) is 0 Å². The van der Waals surface area contributed by atoms with E-state index >= 15 is 0 Å².